The average molecular weight is 768 g/mol. The topological polar surface area (TPSA) is 280 Å². The first-order chi connectivity index (χ1) is 26.6. The fraction of sp³-hybridized carbons (Fsp3) is 0.132. The number of carboxylic acid groups (broad SMARTS) is 2. The van der Waals surface area contributed by atoms with Crippen LogP contribution in [0.5, 0.6) is 17.2 Å². The Morgan fingerprint density at radius 3 is 1.09 bits per heavy atom. The van der Waals surface area contributed by atoms with Crippen LogP contribution in [0.4, 0.5) is 0 Å². The third-order valence-corrected chi connectivity index (χ3v) is 7.75. The van der Waals surface area contributed by atoms with Crippen molar-refractivity contribution in [2.45, 2.75) is 0 Å². The van der Waals surface area contributed by atoms with Gasteiger partial charge in [-0.05, 0) is 54.6 Å². The average Bonchev–Trinajstić information content (AvgIpc) is 3.21. The number of ether oxygens (including phenoxy) is 5. The van der Waals surface area contributed by atoms with Crippen molar-refractivity contribution in [1.29, 1.82) is 0 Å². The molecule has 0 aliphatic rings. The van der Waals surface area contributed by atoms with Crippen LogP contribution >= 0.6 is 0 Å². The van der Waals surface area contributed by atoms with Crippen molar-refractivity contribution in [3.63, 3.8) is 0 Å². The molecule has 0 bridgehead atoms. The summed E-state index contributed by atoms with van der Waals surface area (Å²) in [6.07, 6.45) is 0. The van der Waals surface area contributed by atoms with Crippen LogP contribution in [0.1, 0.15) is 62.5 Å². The predicted octanol–water partition coefficient (Wildman–Crippen LogP) is 3.90. The first-order valence-electron chi connectivity index (χ1n) is 15.8. The lowest BCUT2D eigenvalue weighted by Gasteiger charge is -2.08. The summed E-state index contributed by atoms with van der Waals surface area (Å²) in [5.74, 6) is -3.45. The molecule has 6 N–H and O–H groups in total. The summed E-state index contributed by atoms with van der Waals surface area (Å²) in [5, 5.41) is 19.7. The van der Waals surface area contributed by atoms with Gasteiger partial charge in [0.25, 0.3) is 11.8 Å². The highest BCUT2D eigenvalue weighted by atomic mass is 16.5. The van der Waals surface area contributed by atoms with Crippen molar-refractivity contribution in [3.8, 4) is 17.2 Å². The number of aromatic carboxylic acids is 2. The van der Waals surface area contributed by atoms with Gasteiger partial charge in [0.2, 0.25) is 0 Å². The number of nitrogens with two attached hydrogens (primary N) is 2. The van der Waals surface area contributed by atoms with Crippen LogP contribution in [-0.2, 0) is 9.47 Å². The molecule has 56 heavy (non-hydrogen) atoms. The third-order valence-electron chi connectivity index (χ3n) is 7.75. The molecule has 6 aromatic rings. The number of primary amides is 2. The molecule has 3 heterocycles. The molecular weight excluding hydrogens is 734 g/mol. The lowest BCUT2D eigenvalue weighted by atomic mass is 10.1. The number of amides is 2. The van der Waals surface area contributed by atoms with Gasteiger partial charge in [-0.15, -0.1) is 0 Å². The highest BCUT2D eigenvalue weighted by Crippen LogP contribution is 2.29. The largest absolute Gasteiger partial charge is 0.494 e. The second kappa shape index (κ2) is 17.8. The number of nitrogens with zero attached hydrogens (tertiary/aromatic N) is 3. The van der Waals surface area contributed by atoms with Crippen molar-refractivity contribution < 1.29 is 62.7 Å². The lowest BCUT2D eigenvalue weighted by Crippen LogP contribution is -2.13. The molecule has 2 amide bonds. The van der Waals surface area contributed by atoms with E-state index in [9.17, 15) is 28.8 Å². The molecule has 0 saturated carbocycles. The van der Waals surface area contributed by atoms with E-state index < -0.39 is 35.7 Å². The van der Waals surface area contributed by atoms with Crippen molar-refractivity contribution in [2.24, 2.45) is 11.5 Å². The molecule has 6 rings (SSSR count). The van der Waals surface area contributed by atoms with E-state index in [1.54, 1.807) is 30.3 Å². The van der Waals surface area contributed by atoms with Gasteiger partial charge >= 0.3 is 23.9 Å². The Hall–Kier alpha value is -7.89. The molecule has 0 saturated heterocycles. The van der Waals surface area contributed by atoms with Gasteiger partial charge in [-0.1, -0.05) is 18.2 Å². The second-order valence-electron chi connectivity index (χ2n) is 11.2. The molecule has 288 valence electrons. The van der Waals surface area contributed by atoms with E-state index in [1.165, 1.54) is 78.0 Å². The molecule has 18 heteroatoms. The smallest absolute Gasteiger partial charge is 0.354 e. The van der Waals surface area contributed by atoms with E-state index in [1.807, 2.05) is 0 Å². The number of carboxylic acids is 2. The monoisotopic (exact) mass is 767 g/mol. The van der Waals surface area contributed by atoms with Crippen LogP contribution in [0, 0.1) is 0 Å². The quantitative estimate of drug-likeness (QED) is 0.152. The number of benzene rings is 3. The van der Waals surface area contributed by atoms with Gasteiger partial charge in [0.15, 0.2) is 0 Å². The van der Waals surface area contributed by atoms with E-state index in [0.717, 1.165) is 0 Å². The summed E-state index contributed by atoms with van der Waals surface area (Å²) >= 11 is 0. The number of esters is 2. The fourth-order valence-corrected chi connectivity index (χ4v) is 5.06. The van der Waals surface area contributed by atoms with Crippen molar-refractivity contribution in [2.75, 3.05) is 35.5 Å². The fourth-order valence-electron chi connectivity index (χ4n) is 5.06. The van der Waals surface area contributed by atoms with Crippen LogP contribution in [0.2, 0.25) is 0 Å². The Bertz CT molecular complexity index is 2420. The van der Waals surface area contributed by atoms with E-state index in [-0.39, 0.29) is 28.4 Å². The van der Waals surface area contributed by atoms with Gasteiger partial charge in [-0.3, -0.25) is 9.59 Å². The summed E-state index contributed by atoms with van der Waals surface area (Å²) in [6.45, 7) is 0. The van der Waals surface area contributed by atoms with Crippen molar-refractivity contribution in [1.82, 2.24) is 15.0 Å². The zero-order chi connectivity index (χ0) is 41.3. The minimum atomic E-state index is -1.12. The number of fused-ring (bicyclic) bond motifs is 3. The molecule has 18 nitrogen and oxygen atoms in total. The van der Waals surface area contributed by atoms with E-state index in [4.69, 9.17) is 35.9 Å². The Balaban J connectivity index is 0.000000187. The number of hydrogen-bond donors (Lipinski definition) is 4. The van der Waals surface area contributed by atoms with E-state index >= 15 is 0 Å². The molecule has 0 fully saturated rings. The van der Waals surface area contributed by atoms with Gasteiger partial charge in [-0.2, -0.15) is 0 Å². The molecule has 3 aromatic heterocycles. The Labute approximate surface area is 316 Å². The first-order valence-corrected chi connectivity index (χ1v) is 15.8. The Morgan fingerprint density at radius 1 is 0.464 bits per heavy atom. The van der Waals surface area contributed by atoms with Gasteiger partial charge < -0.3 is 45.4 Å². The van der Waals surface area contributed by atoms with E-state index in [0.29, 0.717) is 55.3 Å². The van der Waals surface area contributed by atoms with Crippen molar-refractivity contribution >= 4 is 68.4 Å². The maximum Gasteiger partial charge on any atom is 0.354 e. The summed E-state index contributed by atoms with van der Waals surface area (Å²) < 4.78 is 24.7. The van der Waals surface area contributed by atoms with Gasteiger partial charge in [0, 0.05) is 16.2 Å². The third kappa shape index (κ3) is 9.18. The highest BCUT2D eigenvalue weighted by molar-refractivity contribution is 6.01. The zero-order valence-electron chi connectivity index (χ0n) is 30.3. The minimum Gasteiger partial charge on any atom is -0.494 e. The summed E-state index contributed by atoms with van der Waals surface area (Å²) in [5.41, 5.74) is 12.5. The number of methoxy groups -OCH3 is 5. The number of pyridine rings is 3. The summed E-state index contributed by atoms with van der Waals surface area (Å²) in [7, 11) is 6.86. The molecule has 0 spiro atoms. The maximum absolute atomic E-state index is 11.5. The number of carbonyl (C=O) groups is 6. The van der Waals surface area contributed by atoms with Gasteiger partial charge in [0.1, 0.15) is 50.9 Å². The number of carbonyl (C=O) groups excluding carboxylic acids is 4. The SMILES string of the molecule is COC(=O)c1cc(OC)c2nc(C(=O)O)ccc2c1.COC(=O)c1cc(OC)c2nc(C(N)=O)ccc2c1.COc1cc(C(=O)O)cc2ccc(C(N)=O)nc12. The van der Waals surface area contributed by atoms with Gasteiger partial charge in [-0.25, -0.2) is 34.1 Å². The molecule has 0 aliphatic carbocycles. The molecular formula is C38H33N5O13. The predicted molar refractivity (Wildman–Crippen MR) is 199 cm³/mol. The zero-order valence-corrected chi connectivity index (χ0v) is 30.3. The minimum absolute atomic E-state index is 0.0865. The number of hydrogen-bond acceptors (Lipinski definition) is 14. The molecule has 0 aliphatic heterocycles. The lowest BCUT2D eigenvalue weighted by molar-refractivity contribution is 0.0591. The second-order valence-corrected chi connectivity index (χ2v) is 11.2. The molecule has 0 unspecified atom stereocenters. The van der Waals surface area contributed by atoms with Crippen LogP contribution in [0.15, 0.2) is 72.8 Å². The summed E-state index contributed by atoms with van der Waals surface area (Å²) in [4.78, 5) is 79.2. The van der Waals surface area contributed by atoms with Crippen molar-refractivity contribution in [3.05, 3.63) is 107 Å². The van der Waals surface area contributed by atoms with Crippen LogP contribution in [-0.4, -0.2) is 96.4 Å². The van der Waals surface area contributed by atoms with Crippen LogP contribution < -0.4 is 25.7 Å². The molecule has 3 aromatic carbocycles. The molecule has 0 radical (unpaired) electrons. The maximum atomic E-state index is 11.5. The van der Waals surface area contributed by atoms with Gasteiger partial charge in [0.05, 0.1) is 52.2 Å². The standard InChI is InChI=1S/C13H12N2O4.C13H11NO5.C12H10N2O4/c1-18-10-6-8(13(17)19-2)5-7-3-4-9(12(14)16)15-11(7)10;1-18-10-6-8(13(17)19-2)5-7-3-4-9(12(15)16)14-11(7)10;1-18-9-5-7(12(16)17)4-6-2-3-8(11(13)15)14-10(6)9/h3-6H,1-2H3,(H2,14,16);3-6H,1-2H3,(H,15,16);2-5H,1H3,(H2,13,15)(H,16,17). The number of rotatable bonds is 9. The Morgan fingerprint density at radius 2 is 0.786 bits per heavy atom. The van der Waals surface area contributed by atoms with Crippen LogP contribution in [0.3, 0.4) is 0 Å². The van der Waals surface area contributed by atoms with Crippen LogP contribution in [0.25, 0.3) is 32.7 Å². The molecule has 0 atom stereocenters. The highest BCUT2D eigenvalue weighted by Gasteiger charge is 2.16. The first kappa shape index (κ1) is 40.9. The summed E-state index contributed by atoms with van der Waals surface area (Å²) in [6, 6.07) is 18.1. The number of aromatic nitrogens is 3. The normalized spacial score (nSPS) is 10.2. The Kier molecular flexibility index (Phi) is 13.0. The van der Waals surface area contributed by atoms with E-state index in [2.05, 4.69) is 24.4 Å².